The highest BCUT2D eigenvalue weighted by Gasteiger charge is 2.14. The van der Waals surface area contributed by atoms with Gasteiger partial charge in [-0.05, 0) is 19.8 Å². The van der Waals surface area contributed by atoms with Crippen molar-refractivity contribution in [2.24, 2.45) is 4.99 Å². The van der Waals surface area contributed by atoms with E-state index in [0.29, 0.717) is 6.04 Å². The van der Waals surface area contributed by atoms with E-state index in [1.807, 2.05) is 18.5 Å². The Morgan fingerprint density at radius 1 is 1.37 bits per heavy atom. The van der Waals surface area contributed by atoms with Gasteiger partial charge in [0.2, 0.25) is 0 Å². The lowest BCUT2D eigenvalue weighted by molar-refractivity contribution is 0.455. The monoisotopic (exact) mass is 275 g/mol. The molecule has 4 heteroatoms. The topological polar surface area (TPSA) is 49.0 Å². The van der Waals surface area contributed by atoms with Crippen molar-refractivity contribution in [2.75, 3.05) is 0 Å². The fraction of sp³-hybridized carbons (Fsp3) is 0.667. The summed E-state index contributed by atoms with van der Waals surface area (Å²) in [5, 5.41) is 12.1. The predicted octanol–water partition coefficient (Wildman–Crippen LogP) is 4.24. The molecule has 1 heterocycles. The first-order valence-electron chi connectivity index (χ1n) is 7.14. The van der Waals surface area contributed by atoms with E-state index >= 15 is 0 Å². The summed E-state index contributed by atoms with van der Waals surface area (Å²) in [6.07, 6.45) is 10.8. The molecule has 1 aliphatic rings. The predicted molar refractivity (Wildman–Crippen MR) is 79.8 cm³/mol. The molecule has 0 spiro atoms. The summed E-state index contributed by atoms with van der Waals surface area (Å²) < 4.78 is 0. The van der Waals surface area contributed by atoms with Gasteiger partial charge in [0.15, 0.2) is 0 Å². The molecule has 0 aliphatic heterocycles. The first kappa shape index (κ1) is 14.2. The van der Waals surface area contributed by atoms with E-state index in [0.717, 1.165) is 10.7 Å². The van der Waals surface area contributed by atoms with Crippen molar-refractivity contribution in [3.8, 4) is 6.07 Å². The van der Waals surface area contributed by atoms with Crippen LogP contribution in [0.2, 0.25) is 0 Å². The second-order valence-electron chi connectivity index (χ2n) is 5.23. The zero-order chi connectivity index (χ0) is 13.5. The Labute approximate surface area is 119 Å². The molecule has 1 atom stereocenters. The molecular formula is C15H21N3S. The number of nitrogens with zero attached hydrogens (tertiary/aromatic N) is 3. The van der Waals surface area contributed by atoms with Crippen LogP contribution >= 0.6 is 11.3 Å². The van der Waals surface area contributed by atoms with Gasteiger partial charge < -0.3 is 0 Å². The SMILES string of the molecule is Cc1csc([C@H](C#N)C=NC2CCCCCCC2)n1. The maximum Gasteiger partial charge on any atom is 0.133 e. The van der Waals surface area contributed by atoms with Gasteiger partial charge in [-0.1, -0.05) is 32.1 Å². The highest BCUT2D eigenvalue weighted by atomic mass is 32.1. The van der Waals surface area contributed by atoms with Crippen molar-refractivity contribution in [1.82, 2.24) is 4.98 Å². The lowest BCUT2D eigenvalue weighted by Gasteiger charge is -2.15. The Hall–Kier alpha value is -1.21. The van der Waals surface area contributed by atoms with Crippen LogP contribution in [0.15, 0.2) is 10.4 Å². The fourth-order valence-electron chi connectivity index (χ4n) is 2.46. The minimum atomic E-state index is -0.274. The quantitative estimate of drug-likeness (QED) is 0.774. The van der Waals surface area contributed by atoms with E-state index in [1.165, 1.54) is 44.9 Å². The lowest BCUT2D eigenvalue weighted by atomic mass is 9.97. The number of thiazole rings is 1. The van der Waals surface area contributed by atoms with Crippen molar-refractivity contribution >= 4 is 17.6 Å². The van der Waals surface area contributed by atoms with E-state index in [9.17, 15) is 5.26 Å². The molecule has 19 heavy (non-hydrogen) atoms. The van der Waals surface area contributed by atoms with E-state index < -0.39 is 0 Å². The zero-order valence-corrected chi connectivity index (χ0v) is 12.3. The molecule has 1 aromatic rings. The third-order valence-electron chi connectivity index (χ3n) is 3.56. The minimum absolute atomic E-state index is 0.274. The van der Waals surface area contributed by atoms with E-state index in [4.69, 9.17) is 0 Å². The van der Waals surface area contributed by atoms with E-state index in [1.54, 1.807) is 11.3 Å². The molecule has 102 valence electrons. The molecule has 1 aromatic heterocycles. The molecule has 0 N–H and O–H groups in total. The molecule has 0 bridgehead atoms. The summed E-state index contributed by atoms with van der Waals surface area (Å²) in [6, 6.07) is 2.71. The summed E-state index contributed by atoms with van der Waals surface area (Å²) in [4.78, 5) is 9.04. The first-order valence-corrected chi connectivity index (χ1v) is 8.02. The van der Waals surface area contributed by atoms with Crippen molar-refractivity contribution in [3.05, 3.63) is 16.1 Å². The number of rotatable bonds is 3. The minimum Gasteiger partial charge on any atom is -0.292 e. The number of hydrogen-bond acceptors (Lipinski definition) is 4. The van der Waals surface area contributed by atoms with Gasteiger partial charge in [-0.2, -0.15) is 5.26 Å². The van der Waals surface area contributed by atoms with Crippen molar-refractivity contribution in [1.29, 1.82) is 5.26 Å². The summed E-state index contributed by atoms with van der Waals surface area (Å²) in [7, 11) is 0. The van der Waals surface area contributed by atoms with Crippen LogP contribution < -0.4 is 0 Å². The maximum atomic E-state index is 9.24. The first-order chi connectivity index (χ1) is 9.29. The van der Waals surface area contributed by atoms with Crippen LogP contribution in [0.3, 0.4) is 0 Å². The Balaban J connectivity index is 1.96. The third-order valence-corrected chi connectivity index (χ3v) is 4.61. The zero-order valence-electron chi connectivity index (χ0n) is 11.5. The normalized spacial score (nSPS) is 19.8. The molecule has 1 saturated carbocycles. The largest absolute Gasteiger partial charge is 0.292 e. The van der Waals surface area contributed by atoms with Crippen molar-refractivity contribution in [2.45, 2.75) is 63.8 Å². The molecule has 0 unspecified atom stereocenters. The second-order valence-corrected chi connectivity index (χ2v) is 6.12. The smallest absolute Gasteiger partial charge is 0.133 e. The Morgan fingerprint density at radius 3 is 2.63 bits per heavy atom. The van der Waals surface area contributed by atoms with Crippen LogP contribution in [0.25, 0.3) is 0 Å². The van der Waals surface area contributed by atoms with Crippen LogP contribution in [-0.4, -0.2) is 17.2 Å². The molecule has 0 saturated heterocycles. The number of aromatic nitrogens is 1. The number of aliphatic imine (C=N–C) groups is 1. The Bertz CT molecular complexity index is 450. The van der Waals surface area contributed by atoms with Gasteiger partial charge in [-0.15, -0.1) is 11.3 Å². The lowest BCUT2D eigenvalue weighted by Crippen LogP contribution is -2.09. The van der Waals surface area contributed by atoms with Crippen LogP contribution in [0, 0.1) is 18.3 Å². The van der Waals surface area contributed by atoms with Gasteiger partial charge >= 0.3 is 0 Å². The molecule has 0 radical (unpaired) electrons. The van der Waals surface area contributed by atoms with Crippen LogP contribution in [0.4, 0.5) is 0 Å². The standard InChI is InChI=1S/C15H21N3S/c1-12-11-19-15(18-12)13(9-16)10-17-14-7-5-3-2-4-6-8-14/h10-11,13-14H,2-8H2,1H3/t13-/m1/s1. The average molecular weight is 275 g/mol. The van der Waals surface area contributed by atoms with Gasteiger partial charge in [0.25, 0.3) is 0 Å². The molecule has 1 aliphatic carbocycles. The molecular weight excluding hydrogens is 254 g/mol. The molecule has 0 amide bonds. The maximum absolute atomic E-state index is 9.24. The molecule has 3 nitrogen and oxygen atoms in total. The van der Waals surface area contributed by atoms with Crippen LogP contribution in [-0.2, 0) is 0 Å². The number of hydrogen-bond donors (Lipinski definition) is 0. The number of nitriles is 1. The summed E-state index contributed by atoms with van der Waals surface area (Å²) in [5.74, 6) is -0.274. The molecule has 2 rings (SSSR count). The van der Waals surface area contributed by atoms with Gasteiger partial charge in [0.1, 0.15) is 10.9 Å². The fourth-order valence-corrected chi connectivity index (χ4v) is 3.26. The Kier molecular flexibility index (Phi) is 5.53. The van der Waals surface area contributed by atoms with Gasteiger partial charge in [-0.25, -0.2) is 4.98 Å². The average Bonchev–Trinajstić information content (AvgIpc) is 2.79. The van der Waals surface area contributed by atoms with Crippen molar-refractivity contribution < 1.29 is 0 Å². The Morgan fingerprint density at radius 2 is 2.05 bits per heavy atom. The van der Waals surface area contributed by atoms with Crippen LogP contribution in [0.1, 0.15) is 61.6 Å². The third kappa shape index (κ3) is 4.43. The molecule has 1 fully saturated rings. The highest BCUT2D eigenvalue weighted by Crippen LogP contribution is 2.21. The summed E-state index contributed by atoms with van der Waals surface area (Å²) in [6.45, 7) is 1.96. The summed E-state index contributed by atoms with van der Waals surface area (Å²) >= 11 is 1.55. The summed E-state index contributed by atoms with van der Waals surface area (Å²) in [5.41, 5.74) is 0.986. The van der Waals surface area contributed by atoms with Gasteiger partial charge in [0.05, 0.1) is 6.07 Å². The van der Waals surface area contributed by atoms with E-state index in [2.05, 4.69) is 16.0 Å². The van der Waals surface area contributed by atoms with Crippen LogP contribution in [0.5, 0.6) is 0 Å². The highest BCUT2D eigenvalue weighted by molar-refractivity contribution is 7.09. The molecule has 0 aromatic carbocycles. The number of aryl methyl sites for hydroxylation is 1. The van der Waals surface area contributed by atoms with Gasteiger partial charge in [0, 0.05) is 23.3 Å². The second kappa shape index (κ2) is 7.40. The van der Waals surface area contributed by atoms with E-state index in [-0.39, 0.29) is 5.92 Å². The van der Waals surface area contributed by atoms with Gasteiger partial charge in [-0.3, -0.25) is 4.99 Å². The van der Waals surface area contributed by atoms with Crippen molar-refractivity contribution in [3.63, 3.8) is 0 Å².